The van der Waals surface area contributed by atoms with Crippen molar-refractivity contribution < 1.29 is 9.90 Å². The Morgan fingerprint density at radius 2 is 2.03 bits per heavy atom. The first-order chi connectivity index (χ1) is 17.1. The topological polar surface area (TPSA) is 112 Å². The molecule has 2 aliphatic rings. The standard InChI is InChI=1S/C24H30N8O2S/c1-3-35(30-9-4-5-10-30)31-13-18-11-21(25-12-19(18)14-31)24(34)28-22-8-6-7-20(27-22)23-29-26-16-32(23)17(2)15-33/h3,6-8,11-12,16-17,33H,4-5,9-10,13-15H2,1-2H3,(H,27,28,34)/t17-,35?/m1/s1. The van der Waals surface area contributed by atoms with E-state index in [1.165, 1.54) is 18.4 Å². The van der Waals surface area contributed by atoms with Gasteiger partial charge in [-0.15, -0.1) is 10.2 Å². The Bertz CT molecular complexity index is 1250. The van der Waals surface area contributed by atoms with E-state index < -0.39 is 0 Å². The van der Waals surface area contributed by atoms with E-state index in [0.717, 1.165) is 31.7 Å². The van der Waals surface area contributed by atoms with E-state index in [4.69, 9.17) is 0 Å². The van der Waals surface area contributed by atoms with Crippen molar-refractivity contribution in [2.45, 2.75) is 45.8 Å². The SMILES string of the molecule is C/C=S(/N1CCCC1)N1Cc2cnc(C(=O)Nc3cccc(-c4nncn4[C@H](C)CO)n3)cc2C1. The zero-order valence-electron chi connectivity index (χ0n) is 20.0. The van der Waals surface area contributed by atoms with Crippen LogP contribution in [-0.2, 0) is 13.1 Å². The summed E-state index contributed by atoms with van der Waals surface area (Å²) in [5.41, 5.74) is 3.26. The summed E-state index contributed by atoms with van der Waals surface area (Å²) >= 11 is 0. The van der Waals surface area contributed by atoms with Gasteiger partial charge >= 0.3 is 0 Å². The van der Waals surface area contributed by atoms with Crippen LogP contribution in [0.2, 0.25) is 0 Å². The van der Waals surface area contributed by atoms with Gasteiger partial charge in [0.25, 0.3) is 5.91 Å². The lowest BCUT2D eigenvalue weighted by atomic mass is 10.1. The summed E-state index contributed by atoms with van der Waals surface area (Å²) in [5, 5.41) is 22.7. The normalized spacial score (nSPS) is 18.0. The Balaban J connectivity index is 1.30. The average molecular weight is 495 g/mol. The zero-order chi connectivity index (χ0) is 24.4. The predicted molar refractivity (Wildman–Crippen MR) is 137 cm³/mol. The van der Waals surface area contributed by atoms with Crippen molar-refractivity contribution in [3.63, 3.8) is 0 Å². The second-order valence-corrected chi connectivity index (χ2v) is 10.8. The molecule has 11 heteroatoms. The summed E-state index contributed by atoms with van der Waals surface area (Å²) < 4.78 is 6.77. The number of carbonyl (C=O) groups is 1. The summed E-state index contributed by atoms with van der Waals surface area (Å²) in [6, 6.07) is 7.03. The third-order valence-electron chi connectivity index (χ3n) is 6.35. The monoisotopic (exact) mass is 494 g/mol. The maximum Gasteiger partial charge on any atom is 0.275 e. The van der Waals surface area contributed by atoms with E-state index >= 15 is 0 Å². The highest BCUT2D eigenvalue weighted by Gasteiger charge is 2.27. The quantitative estimate of drug-likeness (QED) is 0.482. The molecule has 0 aromatic carbocycles. The lowest BCUT2D eigenvalue weighted by Crippen LogP contribution is -2.23. The van der Waals surface area contributed by atoms with Crippen LogP contribution >= 0.6 is 10.9 Å². The lowest BCUT2D eigenvalue weighted by molar-refractivity contribution is 0.102. The molecule has 0 aliphatic carbocycles. The lowest BCUT2D eigenvalue weighted by Gasteiger charge is -2.28. The van der Waals surface area contributed by atoms with Crippen LogP contribution in [0, 0.1) is 0 Å². The van der Waals surface area contributed by atoms with Crippen LogP contribution in [0.15, 0.2) is 36.8 Å². The number of rotatable bonds is 7. The van der Waals surface area contributed by atoms with Crippen LogP contribution in [0.4, 0.5) is 5.82 Å². The molecule has 2 N–H and O–H groups in total. The number of fused-ring (bicyclic) bond motifs is 1. The van der Waals surface area contributed by atoms with Crippen LogP contribution in [0.1, 0.15) is 54.3 Å². The van der Waals surface area contributed by atoms with Gasteiger partial charge in [-0.05, 0) is 61.4 Å². The van der Waals surface area contributed by atoms with Crippen molar-refractivity contribution in [2.24, 2.45) is 0 Å². The van der Waals surface area contributed by atoms with Crippen molar-refractivity contribution >= 4 is 27.9 Å². The third-order valence-corrected chi connectivity index (χ3v) is 8.45. The fourth-order valence-electron chi connectivity index (χ4n) is 4.49. The largest absolute Gasteiger partial charge is 0.394 e. The molecule has 10 nitrogen and oxygen atoms in total. The minimum Gasteiger partial charge on any atom is -0.394 e. The van der Waals surface area contributed by atoms with Gasteiger partial charge in [-0.3, -0.25) is 9.78 Å². The Kier molecular flexibility index (Phi) is 7.00. The molecule has 1 amide bonds. The molecule has 0 radical (unpaired) electrons. The second kappa shape index (κ2) is 10.3. The van der Waals surface area contributed by atoms with Gasteiger partial charge in [0.2, 0.25) is 0 Å². The first-order valence-corrected chi connectivity index (χ1v) is 13.1. The number of anilines is 1. The van der Waals surface area contributed by atoms with Crippen LogP contribution in [0.3, 0.4) is 0 Å². The van der Waals surface area contributed by atoms with Gasteiger partial charge in [0.05, 0.1) is 12.6 Å². The number of hydrogen-bond donors (Lipinski definition) is 2. The van der Waals surface area contributed by atoms with Crippen molar-refractivity contribution in [3.8, 4) is 11.5 Å². The number of pyridine rings is 2. The number of aliphatic hydroxyl groups is 1. The predicted octanol–water partition coefficient (Wildman–Crippen LogP) is 2.87. The molecule has 0 bridgehead atoms. The van der Waals surface area contributed by atoms with E-state index in [9.17, 15) is 9.90 Å². The number of nitrogens with zero attached hydrogens (tertiary/aromatic N) is 7. The molecule has 5 heterocycles. The van der Waals surface area contributed by atoms with Gasteiger partial charge in [0.15, 0.2) is 5.82 Å². The van der Waals surface area contributed by atoms with E-state index in [0.29, 0.717) is 23.0 Å². The zero-order valence-corrected chi connectivity index (χ0v) is 20.8. The Hall–Kier alpha value is -2.99. The Labute approximate surface area is 207 Å². The number of aromatic nitrogens is 5. The van der Waals surface area contributed by atoms with Crippen molar-refractivity contribution in [2.75, 3.05) is 25.0 Å². The van der Waals surface area contributed by atoms with Gasteiger partial charge in [-0.1, -0.05) is 16.9 Å². The molecule has 1 unspecified atom stereocenters. The Morgan fingerprint density at radius 1 is 1.23 bits per heavy atom. The van der Waals surface area contributed by atoms with Crippen LogP contribution in [0.25, 0.3) is 11.5 Å². The molecule has 184 valence electrons. The third kappa shape index (κ3) is 4.90. The molecular formula is C24H30N8O2S. The summed E-state index contributed by atoms with van der Waals surface area (Å²) in [4.78, 5) is 22.0. The fourth-order valence-corrected chi connectivity index (χ4v) is 6.59. The molecule has 2 aliphatic heterocycles. The van der Waals surface area contributed by atoms with Crippen molar-refractivity contribution in [1.82, 2.24) is 33.3 Å². The highest BCUT2D eigenvalue weighted by atomic mass is 32.2. The van der Waals surface area contributed by atoms with Gasteiger partial charge < -0.3 is 15.0 Å². The summed E-state index contributed by atoms with van der Waals surface area (Å²) in [7, 11) is -0.00624. The summed E-state index contributed by atoms with van der Waals surface area (Å²) in [5.74, 6) is 0.625. The van der Waals surface area contributed by atoms with Crippen molar-refractivity contribution in [1.29, 1.82) is 0 Å². The molecule has 1 fully saturated rings. The first kappa shape index (κ1) is 23.7. The number of hydrogen-bond acceptors (Lipinski definition) is 8. The van der Waals surface area contributed by atoms with Gasteiger partial charge in [-0.2, -0.15) is 0 Å². The molecule has 5 rings (SSSR count). The number of carbonyl (C=O) groups excluding carboxylic acids is 1. The molecule has 2 atom stereocenters. The first-order valence-electron chi connectivity index (χ1n) is 11.9. The Morgan fingerprint density at radius 3 is 2.80 bits per heavy atom. The van der Waals surface area contributed by atoms with E-state index in [1.54, 1.807) is 29.1 Å². The van der Waals surface area contributed by atoms with Gasteiger partial charge in [-0.25, -0.2) is 13.6 Å². The second-order valence-electron chi connectivity index (χ2n) is 8.76. The molecule has 3 aromatic heterocycles. The molecule has 35 heavy (non-hydrogen) atoms. The average Bonchev–Trinajstić information content (AvgIpc) is 3.64. The van der Waals surface area contributed by atoms with Crippen LogP contribution < -0.4 is 5.32 Å². The highest BCUT2D eigenvalue weighted by molar-refractivity contribution is 8.10. The highest BCUT2D eigenvalue weighted by Crippen LogP contribution is 2.36. The number of aliphatic hydroxyl groups excluding tert-OH is 1. The molecule has 1 saturated heterocycles. The van der Waals surface area contributed by atoms with Crippen LogP contribution in [0.5, 0.6) is 0 Å². The van der Waals surface area contributed by atoms with Crippen LogP contribution in [-0.4, -0.2) is 69.4 Å². The molecule has 3 aromatic rings. The molecule has 0 spiro atoms. The molecule has 0 saturated carbocycles. The van der Waals surface area contributed by atoms with E-state index in [2.05, 4.69) is 46.4 Å². The van der Waals surface area contributed by atoms with E-state index in [-0.39, 0.29) is 29.4 Å². The van der Waals surface area contributed by atoms with E-state index in [1.807, 2.05) is 19.2 Å². The van der Waals surface area contributed by atoms with Gasteiger partial charge in [0.1, 0.15) is 23.5 Å². The number of nitrogens with one attached hydrogen (secondary N) is 1. The summed E-state index contributed by atoms with van der Waals surface area (Å²) in [6.45, 7) is 7.92. The minimum absolute atomic E-state index is 0.00624. The fraction of sp³-hybridized carbons (Fsp3) is 0.417. The molecular weight excluding hydrogens is 464 g/mol. The maximum atomic E-state index is 13.0. The van der Waals surface area contributed by atoms with Gasteiger partial charge in [0, 0.05) is 32.4 Å². The maximum absolute atomic E-state index is 13.0. The summed E-state index contributed by atoms with van der Waals surface area (Å²) in [6.07, 6.45) is 5.91. The van der Waals surface area contributed by atoms with Crippen molar-refractivity contribution in [3.05, 3.63) is 53.6 Å². The number of amides is 1. The minimum atomic E-state index is -0.304. The smallest absolute Gasteiger partial charge is 0.275 e.